The van der Waals surface area contributed by atoms with E-state index in [0.29, 0.717) is 5.75 Å². The first-order chi connectivity index (χ1) is 16.8. The first kappa shape index (κ1) is 23.4. The summed E-state index contributed by atoms with van der Waals surface area (Å²) in [5.74, 6) is -3.61. The Hall–Kier alpha value is -4.79. The number of carbonyl (C=O) groups excluding carboxylic acids is 5. The first-order valence-electron chi connectivity index (χ1n) is 10.3. The molecule has 3 aromatic carbocycles. The lowest BCUT2D eigenvalue weighted by molar-refractivity contribution is 0.0600. The molecule has 0 bridgehead atoms. The normalized spacial score (nSPS) is 11.5. The zero-order valence-electron chi connectivity index (χ0n) is 18.7. The van der Waals surface area contributed by atoms with E-state index in [2.05, 4.69) is 4.74 Å². The molecule has 9 nitrogen and oxygen atoms in total. The van der Waals surface area contributed by atoms with E-state index in [9.17, 15) is 24.0 Å². The summed E-state index contributed by atoms with van der Waals surface area (Å²) >= 11 is 0. The van der Waals surface area contributed by atoms with Gasteiger partial charge in [0.1, 0.15) is 5.75 Å². The fraction of sp³-hybridized carbons (Fsp3) is 0.115. The summed E-state index contributed by atoms with van der Waals surface area (Å²) in [6.45, 7) is -0.143. The second-order valence-electron chi connectivity index (χ2n) is 7.36. The summed E-state index contributed by atoms with van der Waals surface area (Å²) < 4.78 is 20.2. The van der Waals surface area contributed by atoms with Crippen molar-refractivity contribution in [1.82, 2.24) is 0 Å². The number of benzene rings is 3. The molecule has 1 aliphatic rings. The third kappa shape index (κ3) is 4.51. The second kappa shape index (κ2) is 9.60. The van der Waals surface area contributed by atoms with Gasteiger partial charge in [0.15, 0.2) is 11.5 Å². The van der Waals surface area contributed by atoms with E-state index in [1.807, 2.05) is 0 Å². The Kier molecular flexibility index (Phi) is 6.41. The molecular formula is C26H18O9. The Morgan fingerprint density at radius 3 is 1.49 bits per heavy atom. The minimum absolute atomic E-state index is 0.0137. The quantitative estimate of drug-likeness (QED) is 0.275. The van der Waals surface area contributed by atoms with Crippen molar-refractivity contribution >= 4 is 29.1 Å². The van der Waals surface area contributed by atoms with Gasteiger partial charge in [0.05, 0.1) is 19.8 Å². The molecule has 0 N–H and O–H groups in total. The second-order valence-corrected chi connectivity index (χ2v) is 7.36. The number of ether oxygens (including phenoxy) is 4. The van der Waals surface area contributed by atoms with Gasteiger partial charge in [-0.3, -0.25) is 19.2 Å². The highest BCUT2D eigenvalue weighted by atomic mass is 16.7. The van der Waals surface area contributed by atoms with E-state index in [4.69, 9.17) is 14.2 Å². The smallest absolute Gasteiger partial charge is 0.337 e. The Morgan fingerprint density at radius 2 is 1.06 bits per heavy atom. The predicted molar refractivity (Wildman–Crippen MR) is 121 cm³/mol. The highest BCUT2D eigenvalue weighted by Gasteiger charge is 2.31. The zero-order valence-corrected chi connectivity index (χ0v) is 18.7. The average Bonchev–Trinajstić information content (AvgIpc) is 3.38. The van der Waals surface area contributed by atoms with Crippen molar-refractivity contribution in [3.63, 3.8) is 0 Å². The highest BCUT2D eigenvalue weighted by Crippen LogP contribution is 2.36. The van der Waals surface area contributed by atoms with Crippen LogP contribution in [0.3, 0.4) is 0 Å². The summed E-state index contributed by atoms with van der Waals surface area (Å²) in [6, 6.07) is 13.6. The van der Waals surface area contributed by atoms with Gasteiger partial charge in [0.2, 0.25) is 29.9 Å². The third-order valence-electron chi connectivity index (χ3n) is 5.33. The average molecular weight is 474 g/mol. The summed E-state index contributed by atoms with van der Waals surface area (Å²) in [5.41, 5.74) is -0.333. The first-order valence-corrected chi connectivity index (χ1v) is 10.3. The lowest BCUT2D eigenvalue weighted by Crippen LogP contribution is -2.22. The topological polar surface area (TPSA) is 122 Å². The maximum absolute atomic E-state index is 13.2. The molecule has 0 saturated heterocycles. The van der Waals surface area contributed by atoms with Gasteiger partial charge < -0.3 is 18.9 Å². The van der Waals surface area contributed by atoms with Crippen molar-refractivity contribution in [3.8, 4) is 17.2 Å². The summed E-state index contributed by atoms with van der Waals surface area (Å²) in [4.78, 5) is 63.8. The van der Waals surface area contributed by atoms with Gasteiger partial charge in [-0.05, 0) is 48.5 Å². The minimum atomic E-state index is -1.03. The van der Waals surface area contributed by atoms with Crippen molar-refractivity contribution in [2.45, 2.75) is 0 Å². The van der Waals surface area contributed by atoms with E-state index in [-0.39, 0.29) is 46.1 Å². The van der Waals surface area contributed by atoms with Crippen molar-refractivity contribution in [2.75, 3.05) is 21.0 Å². The minimum Gasteiger partial charge on any atom is -0.497 e. The van der Waals surface area contributed by atoms with Crippen molar-refractivity contribution in [1.29, 1.82) is 0 Å². The predicted octanol–water partition coefficient (Wildman–Crippen LogP) is 3.34. The van der Waals surface area contributed by atoms with Crippen LogP contribution in [-0.2, 0) is 4.74 Å². The number of carbonyl (C=O) groups is 5. The van der Waals surface area contributed by atoms with Gasteiger partial charge >= 0.3 is 5.97 Å². The van der Waals surface area contributed by atoms with Gasteiger partial charge in [0, 0.05) is 22.3 Å². The molecule has 0 atom stereocenters. The van der Waals surface area contributed by atoms with E-state index < -0.39 is 29.1 Å². The maximum atomic E-state index is 13.2. The molecular weight excluding hydrogens is 456 g/mol. The van der Waals surface area contributed by atoms with E-state index in [0.717, 1.165) is 0 Å². The Labute approximate surface area is 199 Å². The van der Waals surface area contributed by atoms with Gasteiger partial charge in [-0.2, -0.15) is 0 Å². The third-order valence-corrected chi connectivity index (χ3v) is 5.33. The number of hydrogen-bond donors (Lipinski definition) is 0. The molecule has 0 amide bonds. The van der Waals surface area contributed by atoms with E-state index in [1.54, 1.807) is 0 Å². The lowest BCUT2D eigenvalue weighted by Gasteiger charge is -2.10. The van der Waals surface area contributed by atoms with Crippen LogP contribution in [0.15, 0.2) is 60.7 Å². The fourth-order valence-electron chi connectivity index (χ4n) is 3.44. The van der Waals surface area contributed by atoms with Crippen molar-refractivity contribution in [3.05, 3.63) is 88.5 Å². The lowest BCUT2D eigenvalue weighted by atomic mass is 9.92. The number of rotatable bonds is 8. The number of esters is 1. The Morgan fingerprint density at radius 1 is 0.629 bits per heavy atom. The fourth-order valence-corrected chi connectivity index (χ4v) is 3.44. The van der Waals surface area contributed by atoms with Crippen molar-refractivity contribution < 1.29 is 42.9 Å². The molecule has 4 rings (SSSR count). The Bertz CT molecular complexity index is 1350. The van der Waals surface area contributed by atoms with Crippen LogP contribution in [0.1, 0.15) is 51.8 Å². The van der Waals surface area contributed by atoms with Gasteiger partial charge in [-0.1, -0.05) is 12.1 Å². The zero-order chi connectivity index (χ0) is 25.1. The standard InChI is InChI=1S/C26H18O9/c1-32-17-9-7-15(8-10-17)23(28)25(30)19-12-21-20(34-13-35-21)11-18(19)24(29)22(27)14-3-5-16(6-4-14)26(31)33-2/h3-12H,13H2,1-2H3. The molecule has 0 radical (unpaired) electrons. The molecule has 176 valence electrons. The van der Waals surface area contributed by atoms with Crippen LogP contribution in [0, 0.1) is 0 Å². The van der Waals surface area contributed by atoms with E-state index in [1.165, 1.54) is 74.9 Å². The molecule has 1 aliphatic heterocycles. The van der Waals surface area contributed by atoms with Crippen LogP contribution in [0.25, 0.3) is 0 Å². The van der Waals surface area contributed by atoms with Crippen LogP contribution in [0.5, 0.6) is 17.2 Å². The van der Waals surface area contributed by atoms with Gasteiger partial charge in [-0.15, -0.1) is 0 Å². The number of Topliss-reactive ketones (excluding diaryl/α,β-unsaturated/α-hetero) is 4. The molecule has 0 unspecified atom stereocenters. The molecule has 0 aliphatic carbocycles. The molecule has 1 heterocycles. The largest absolute Gasteiger partial charge is 0.497 e. The van der Waals surface area contributed by atoms with Crippen molar-refractivity contribution in [2.24, 2.45) is 0 Å². The molecule has 0 spiro atoms. The van der Waals surface area contributed by atoms with Crippen LogP contribution in [0.2, 0.25) is 0 Å². The summed E-state index contributed by atoms with van der Waals surface area (Å²) in [5, 5.41) is 0. The Balaban J connectivity index is 1.69. The number of fused-ring (bicyclic) bond motifs is 1. The summed E-state index contributed by atoms with van der Waals surface area (Å²) in [6.07, 6.45) is 0. The van der Waals surface area contributed by atoms with Gasteiger partial charge in [-0.25, -0.2) is 4.79 Å². The monoisotopic (exact) mass is 474 g/mol. The number of methoxy groups -OCH3 is 2. The molecule has 0 fully saturated rings. The summed E-state index contributed by atoms with van der Waals surface area (Å²) in [7, 11) is 2.68. The molecule has 3 aromatic rings. The van der Waals surface area contributed by atoms with Crippen LogP contribution in [-0.4, -0.2) is 50.1 Å². The molecule has 0 aromatic heterocycles. The van der Waals surface area contributed by atoms with Crippen LogP contribution < -0.4 is 14.2 Å². The SMILES string of the molecule is COC(=O)c1ccc(C(=O)C(=O)c2cc3c(cc2C(=O)C(=O)c2ccc(OC)cc2)OCO3)cc1. The number of ketones is 4. The molecule has 0 saturated carbocycles. The number of hydrogen-bond acceptors (Lipinski definition) is 9. The van der Waals surface area contributed by atoms with Gasteiger partial charge in [0.25, 0.3) is 0 Å². The molecule has 9 heteroatoms. The molecule has 35 heavy (non-hydrogen) atoms. The van der Waals surface area contributed by atoms with Crippen LogP contribution >= 0.6 is 0 Å². The van der Waals surface area contributed by atoms with E-state index >= 15 is 0 Å². The van der Waals surface area contributed by atoms with Crippen LogP contribution in [0.4, 0.5) is 0 Å². The highest BCUT2D eigenvalue weighted by molar-refractivity contribution is 6.54. The maximum Gasteiger partial charge on any atom is 0.337 e.